The minimum absolute atomic E-state index is 0. The maximum Gasteiger partial charge on any atom is 0.0701 e. The average molecular weight is 369 g/mol. The van der Waals surface area contributed by atoms with Gasteiger partial charge in [-0.3, -0.25) is 0 Å². The van der Waals surface area contributed by atoms with Crippen LogP contribution in [0.25, 0.3) is 0 Å². The highest BCUT2D eigenvalue weighted by molar-refractivity contribution is 5.61. The molecule has 3 rings (SSSR count). The molecule has 0 aliphatic heterocycles. The van der Waals surface area contributed by atoms with E-state index < -0.39 is 5.41 Å². The van der Waals surface area contributed by atoms with Crippen LogP contribution < -0.4 is 0 Å². The fraction of sp³-hybridized carbons (Fsp3) is 0.143. The third kappa shape index (κ3) is 4.23. The lowest BCUT2D eigenvalue weighted by atomic mass is 9.64. The van der Waals surface area contributed by atoms with Crippen molar-refractivity contribution >= 4 is 0 Å². The largest absolute Gasteiger partial charge is 0.0991 e. The van der Waals surface area contributed by atoms with Crippen LogP contribution in [0.5, 0.6) is 0 Å². The van der Waals surface area contributed by atoms with Gasteiger partial charge < -0.3 is 0 Å². The summed E-state index contributed by atoms with van der Waals surface area (Å²) in [7, 11) is 0. The molecule has 144 valence electrons. The highest BCUT2D eigenvalue weighted by Gasteiger charge is 2.38. The Labute approximate surface area is 171 Å². The molecule has 0 radical (unpaired) electrons. The smallest absolute Gasteiger partial charge is 0.0701 e. The van der Waals surface area contributed by atoms with E-state index in [0.717, 1.165) is 0 Å². The lowest BCUT2D eigenvalue weighted by Crippen LogP contribution is -2.31. The molecule has 0 N–H and O–H groups in total. The molecule has 0 spiro atoms. The molecule has 0 unspecified atom stereocenters. The zero-order valence-corrected chi connectivity index (χ0v) is 15.2. The van der Waals surface area contributed by atoms with Gasteiger partial charge in [-0.1, -0.05) is 137 Å². The predicted molar refractivity (Wildman–Crippen MR) is 126 cm³/mol. The van der Waals surface area contributed by atoms with Gasteiger partial charge in [0.2, 0.25) is 0 Å². The third-order valence-corrected chi connectivity index (χ3v) is 4.70. The van der Waals surface area contributed by atoms with Crippen LogP contribution in [0.4, 0.5) is 0 Å². The van der Waals surface area contributed by atoms with Gasteiger partial charge in [0.05, 0.1) is 5.41 Å². The van der Waals surface area contributed by atoms with E-state index in [9.17, 15) is 0 Å². The molecule has 0 fully saturated rings. The van der Waals surface area contributed by atoms with Crippen LogP contribution in [0, 0.1) is 0 Å². The van der Waals surface area contributed by atoms with E-state index in [1.165, 1.54) is 22.3 Å². The summed E-state index contributed by atoms with van der Waals surface area (Å²) in [5.41, 5.74) is 4.51. The zero-order chi connectivity index (χ0) is 18.2. The molecule has 0 saturated carbocycles. The molecule has 0 aliphatic rings. The number of rotatable bonds is 6. The van der Waals surface area contributed by atoms with Crippen LogP contribution in [-0.2, 0) is 5.41 Å². The van der Waals surface area contributed by atoms with Crippen LogP contribution in [0.1, 0.15) is 38.5 Å². The van der Waals surface area contributed by atoms with Gasteiger partial charge in [0.25, 0.3) is 0 Å². The molecule has 0 aromatic heterocycles. The average Bonchev–Trinajstić information content (AvgIpc) is 2.71. The van der Waals surface area contributed by atoms with Gasteiger partial charge in [0, 0.05) is 0 Å². The Kier molecular flexibility index (Phi) is 8.91. The molecule has 0 amide bonds. The van der Waals surface area contributed by atoms with Crippen molar-refractivity contribution in [2.24, 2.45) is 0 Å². The van der Waals surface area contributed by atoms with Crippen molar-refractivity contribution in [3.63, 3.8) is 0 Å². The molecule has 0 bridgehead atoms. The van der Waals surface area contributed by atoms with E-state index >= 15 is 0 Å². The van der Waals surface area contributed by atoms with E-state index in [1.54, 1.807) is 0 Å². The molecular formula is C28H32. The fourth-order valence-corrected chi connectivity index (χ4v) is 3.68. The molecule has 0 nitrogen and oxygen atoms in total. The van der Waals surface area contributed by atoms with Crippen molar-refractivity contribution in [1.82, 2.24) is 0 Å². The summed E-state index contributed by atoms with van der Waals surface area (Å²) in [5.74, 6) is 0. The molecule has 0 saturated heterocycles. The van der Waals surface area contributed by atoms with E-state index in [0.29, 0.717) is 0 Å². The number of benzene rings is 3. The van der Waals surface area contributed by atoms with Gasteiger partial charge >= 0.3 is 0 Å². The zero-order valence-electron chi connectivity index (χ0n) is 15.2. The van der Waals surface area contributed by atoms with Crippen LogP contribution in [0.3, 0.4) is 0 Å². The van der Waals surface area contributed by atoms with Crippen LogP contribution in [0.15, 0.2) is 127 Å². The van der Waals surface area contributed by atoms with Gasteiger partial charge in [-0.2, -0.15) is 0 Å². The van der Waals surface area contributed by atoms with Crippen molar-refractivity contribution in [3.05, 3.63) is 144 Å². The lowest BCUT2D eigenvalue weighted by Gasteiger charge is -2.37. The minimum Gasteiger partial charge on any atom is -0.0991 e. The van der Waals surface area contributed by atoms with E-state index in [-0.39, 0.29) is 14.9 Å². The number of hydrogen-bond acceptors (Lipinski definition) is 0. The Balaban J connectivity index is 0.00000196. The van der Waals surface area contributed by atoms with Crippen molar-refractivity contribution in [3.8, 4) is 0 Å². The quantitative estimate of drug-likeness (QED) is 0.305. The van der Waals surface area contributed by atoms with Crippen molar-refractivity contribution in [1.29, 1.82) is 0 Å². The topological polar surface area (TPSA) is 0 Å². The van der Waals surface area contributed by atoms with E-state index in [2.05, 4.69) is 123 Å². The maximum atomic E-state index is 3.97. The summed E-state index contributed by atoms with van der Waals surface area (Å²) in [5, 5.41) is 0. The lowest BCUT2D eigenvalue weighted by molar-refractivity contribution is 0.743. The van der Waals surface area contributed by atoms with Gasteiger partial charge in [0.1, 0.15) is 0 Å². The van der Waals surface area contributed by atoms with Crippen molar-refractivity contribution < 1.29 is 0 Å². The van der Waals surface area contributed by atoms with Gasteiger partial charge in [0.15, 0.2) is 0 Å². The van der Waals surface area contributed by atoms with Crippen molar-refractivity contribution in [2.45, 2.75) is 27.2 Å². The SMILES string of the molecule is C.C.C=C/C=C(\C=C/C)C(c1ccccc1)(c1ccccc1)c1ccccc1. The molecule has 28 heavy (non-hydrogen) atoms. The Bertz CT molecular complexity index is 788. The second-order valence-electron chi connectivity index (χ2n) is 6.21. The van der Waals surface area contributed by atoms with Gasteiger partial charge in [-0.25, -0.2) is 0 Å². The minimum atomic E-state index is -0.398. The maximum absolute atomic E-state index is 3.97. The summed E-state index contributed by atoms with van der Waals surface area (Å²) in [6.07, 6.45) is 8.28. The summed E-state index contributed by atoms with van der Waals surface area (Å²) in [6.45, 7) is 6.03. The molecule has 0 heteroatoms. The Morgan fingerprint density at radius 2 is 1.04 bits per heavy atom. The van der Waals surface area contributed by atoms with Gasteiger partial charge in [-0.15, -0.1) is 0 Å². The normalized spacial score (nSPS) is 11.4. The highest BCUT2D eigenvalue weighted by atomic mass is 14.4. The van der Waals surface area contributed by atoms with Crippen LogP contribution in [-0.4, -0.2) is 0 Å². The summed E-state index contributed by atoms with van der Waals surface area (Å²) >= 11 is 0. The first kappa shape index (κ1) is 22.9. The Morgan fingerprint density at radius 1 is 0.679 bits per heavy atom. The number of hydrogen-bond donors (Lipinski definition) is 0. The van der Waals surface area contributed by atoms with Crippen LogP contribution in [0.2, 0.25) is 0 Å². The summed E-state index contributed by atoms with van der Waals surface area (Å²) in [4.78, 5) is 0. The number of allylic oxidation sites excluding steroid dienone is 5. The van der Waals surface area contributed by atoms with Gasteiger partial charge in [-0.05, 0) is 29.2 Å². The molecule has 0 heterocycles. The summed E-state index contributed by atoms with van der Waals surface area (Å²) in [6, 6.07) is 32.1. The molecular weight excluding hydrogens is 336 g/mol. The fourth-order valence-electron chi connectivity index (χ4n) is 3.68. The first-order chi connectivity index (χ1) is 12.8. The van der Waals surface area contributed by atoms with E-state index in [1.807, 2.05) is 6.08 Å². The monoisotopic (exact) mass is 368 g/mol. The van der Waals surface area contributed by atoms with Crippen molar-refractivity contribution in [2.75, 3.05) is 0 Å². The first-order valence-electron chi connectivity index (χ1n) is 8.96. The van der Waals surface area contributed by atoms with E-state index in [4.69, 9.17) is 0 Å². The first-order valence-corrected chi connectivity index (χ1v) is 8.96. The Hall–Kier alpha value is -3.12. The highest BCUT2D eigenvalue weighted by Crippen LogP contribution is 2.45. The second kappa shape index (κ2) is 10.9. The molecule has 0 atom stereocenters. The molecule has 3 aromatic carbocycles. The standard InChI is InChI=1S/C26H24.2CH4/c1-3-14-22(15-4-2)26(23-16-8-5-9-17-23,24-18-10-6-11-19-24)25-20-12-7-13-21-25;;/h3-21H,1H2,2H3;2*1H4/b15-4-,22-14+;;. The molecule has 0 aliphatic carbocycles. The molecule has 3 aromatic rings. The summed E-state index contributed by atoms with van der Waals surface area (Å²) < 4.78 is 0. The second-order valence-corrected chi connectivity index (χ2v) is 6.21. The van der Waals surface area contributed by atoms with Crippen LogP contribution >= 0.6 is 0 Å². The Morgan fingerprint density at radius 3 is 1.32 bits per heavy atom. The predicted octanol–water partition coefficient (Wildman–Crippen LogP) is 7.98. The third-order valence-electron chi connectivity index (χ3n) is 4.70.